The fraction of sp³-hybridized carbons (Fsp3) is 0.500. The van der Waals surface area contributed by atoms with Crippen molar-refractivity contribution in [1.29, 1.82) is 0 Å². The Kier molecular flexibility index (Phi) is 5.70. The van der Waals surface area contributed by atoms with Gasteiger partial charge in [-0.15, -0.1) is 0 Å². The third-order valence-corrected chi connectivity index (χ3v) is 2.94. The molecule has 0 aliphatic heterocycles. The van der Waals surface area contributed by atoms with Gasteiger partial charge in [0.15, 0.2) is 0 Å². The Morgan fingerprint density at radius 3 is 2.82 bits per heavy atom. The minimum absolute atomic E-state index is 0.0486. The molecular weight excluding hydrogens is 212 g/mol. The third-order valence-electron chi connectivity index (χ3n) is 2.94. The van der Waals surface area contributed by atoms with Crippen molar-refractivity contribution in [2.45, 2.75) is 26.7 Å². The molecule has 1 unspecified atom stereocenters. The first kappa shape index (κ1) is 13.7. The van der Waals surface area contributed by atoms with Crippen LogP contribution in [0.5, 0.6) is 0 Å². The first-order valence-electron chi connectivity index (χ1n) is 6.20. The van der Waals surface area contributed by atoms with Gasteiger partial charge >= 0.3 is 0 Å². The molecule has 0 spiro atoms. The number of aryl methyl sites for hydroxylation is 1. The zero-order chi connectivity index (χ0) is 12.7. The summed E-state index contributed by atoms with van der Waals surface area (Å²) in [6, 6.07) is 8.34. The second-order valence-electron chi connectivity index (χ2n) is 4.37. The number of benzene rings is 1. The summed E-state index contributed by atoms with van der Waals surface area (Å²) in [6.45, 7) is 5.16. The predicted octanol–water partition coefficient (Wildman–Crippen LogP) is 1.64. The molecule has 0 aliphatic rings. The monoisotopic (exact) mass is 234 g/mol. The molecule has 0 bridgehead atoms. The van der Waals surface area contributed by atoms with Gasteiger partial charge in [-0.3, -0.25) is 4.79 Å². The lowest BCUT2D eigenvalue weighted by Crippen LogP contribution is -2.35. The number of nitrogens with one attached hydrogen (secondary N) is 1. The molecule has 1 atom stereocenters. The van der Waals surface area contributed by atoms with Gasteiger partial charge in [-0.1, -0.05) is 36.8 Å². The molecule has 0 saturated carbocycles. The van der Waals surface area contributed by atoms with Crippen molar-refractivity contribution >= 4 is 5.91 Å². The quantitative estimate of drug-likeness (QED) is 0.786. The van der Waals surface area contributed by atoms with E-state index < -0.39 is 0 Å². The Morgan fingerprint density at radius 2 is 2.24 bits per heavy atom. The van der Waals surface area contributed by atoms with Crippen LogP contribution in [0.3, 0.4) is 0 Å². The maximum absolute atomic E-state index is 11.7. The average Bonchev–Trinajstić information content (AvgIpc) is 2.30. The van der Waals surface area contributed by atoms with Gasteiger partial charge in [-0.2, -0.15) is 0 Å². The van der Waals surface area contributed by atoms with E-state index in [2.05, 4.69) is 30.4 Å². The van der Waals surface area contributed by atoms with Crippen molar-refractivity contribution in [3.05, 3.63) is 35.4 Å². The summed E-state index contributed by atoms with van der Waals surface area (Å²) in [5.74, 6) is 0.0233. The molecule has 1 aromatic carbocycles. The first-order chi connectivity index (χ1) is 8.17. The van der Waals surface area contributed by atoms with Gasteiger partial charge < -0.3 is 11.1 Å². The Labute approximate surface area is 103 Å². The molecule has 94 valence electrons. The van der Waals surface area contributed by atoms with Crippen LogP contribution >= 0.6 is 0 Å². The van der Waals surface area contributed by atoms with Crippen LogP contribution in [0.2, 0.25) is 0 Å². The van der Waals surface area contributed by atoms with Crippen molar-refractivity contribution in [2.75, 3.05) is 13.1 Å². The van der Waals surface area contributed by atoms with E-state index in [1.807, 2.05) is 13.0 Å². The van der Waals surface area contributed by atoms with Gasteiger partial charge in [0.25, 0.3) is 0 Å². The van der Waals surface area contributed by atoms with Crippen LogP contribution in [-0.2, 0) is 11.2 Å². The minimum Gasteiger partial charge on any atom is -0.355 e. The summed E-state index contributed by atoms with van der Waals surface area (Å²) >= 11 is 0. The highest BCUT2D eigenvalue weighted by Crippen LogP contribution is 2.04. The van der Waals surface area contributed by atoms with Crippen LogP contribution in [0.1, 0.15) is 24.5 Å². The van der Waals surface area contributed by atoms with Crippen LogP contribution in [0.4, 0.5) is 0 Å². The van der Waals surface area contributed by atoms with Crippen LogP contribution in [0.15, 0.2) is 24.3 Å². The highest BCUT2D eigenvalue weighted by Gasteiger charge is 2.13. The standard InChI is InChI=1S/C14H22N2O/c1-3-13(10-15)14(17)16-8-7-12-6-4-5-11(2)9-12/h4-6,9,13H,3,7-8,10,15H2,1-2H3,(H,16,17). The Balaban J connectivity index is 2.35. The van der Waals surface area contributed by atoms with E-state index in [0.717, 1.165) is 12.8 Å². The highest BCUT2D eigenvalue weighted by molar-refractivity contribution is 5.78. The lowest BCUT2D eigenvalue weighted by atomic mass is 10.1. The van der Waals surface area contributed by atoms with Gasteiger partial charge in [0.1, 0.15) is 0 Å². The molecule has 1 rings (SSSR count). The lowest BCUT2D eigenvalue weighted by molar-refractivity contribution is -0.124. The smallest absolute Gasteiger partial charge is 0.224 e. The zero-order valence-corrected chi connectivity index (χ0v) is 10.7. The van der Waals surface area contributed by atoms with Gasteiger partial charge in [-0.05, 0) is 25.3 Å². The van der Waals surface area contributed by atoms with Crippen LogP contribution in [0.25, 0.3) is 0 Å². The molecule has 0 fully saturated rings. The number of carbonyl (C=O) groups is 1. The lowest BCUT2D eigenvalue weighted by Gasteiger charge is -2.12. The molecule has 0 aliphatic carbocycles. The zero-order valence-electron chi connectivity index (χ0n) is 10.7. The van der Waals surface area contributed by atoms with Crippen molar-refractivity contribution in [3.8, 4) is 0 Å². The third kappa shape index (κ3) is 4.57. The molecule has 3 nitrogen and oxygen atoms in total. The highest BCUT2D eigenvalue weighted by atomic mass is 16.1. The largest absolute Gasteiger partial charge is 0.355 e. The fourth-order valence-electron chi connectivity index (χ4n) is 1.80. The number of amides is 1. The molecule has 17 heavy (non-hydrogen) atoms. The van der Waals surface area contributed by atoms with E-state index in [1.54, 1.807) is 0 Å². The van der Waals surface area contributed by atoms with Crippen LogP contribution in [-0.4, -0.2) is 19.0 Å². The van der Waals surface area contributed by atoms with Crippen molar-refractivity contribution in [2.24, 2.45) is 11.7 Å². The minimum atomic E-state index is -0.0486. The summed E-state index contributed by atoms with van der Waals surface area (Å²) in [6.07, 6.45) is 1.67. The molecule has 3 heteroatoms. The SMILES string of the molecule is CCC(CN)C(=O)NCCc1cccc(C)c1. The Morgan fingerprint density at radius 1 is 1.47 bits per heavy atom. The summed E-state index contributed by atoms with van der Waals surface area (Å²) < 4.78 is 0. The molecule has 0 aromatic heterocycles. The van der Waals surface area contributed by atoms with Gasteiger partial charge in [0.05, 0.1) is 0 Å². The Hall–Kier alpha value is -1.35. The van der Waals surface area contributed by atoms with Gasteiger partial charge in [0.2, 0.25) is 5.91 Å². The number of hydrogen-bond donors (Lipinski definition) is 2. The van der Waals surface area contributed by atoms with Crippen molar-refractivity contribution in [3.63, 3.8) is 0 Å². The molecule has 0 saturated heterocycles. The van der Waals surface area contributed by atoms with Gasteiger partial charge in [0, 0.05) is 19.0 Å². The second kappa shape index (κ2) is 7.07. The number of rotatable bonds is 6. The predicted molar refractivity (Wildman–Crippen MR) is 70.7 cm³/mol. The normalized spacial score (nSPS) is 12.2. The van der Waals surface area contributed by atoms with Gasteiger partial charge in [-0.25, -0.2) is 0 Å². The van der Waals surface area contributed by atoms with E-state index in [-0.39, 0.29) is 11.8 Å². The summed E-state index contributed by atoms with van der Waals surface area (Å²) in [7, 11) is 0. The van der Waals surface area contributed by atoms with E-state index in [0.29, 0.717) is 13.1 Å². The van der Waals surface area contributed by atoms with Crippen LogP contribution < -0.4 is 11.1 Å². The average molecular weight is 234 g/mol. The van der Waals surface area contributed by atoms with Crippen LogP contribution in [0, 0.1) is 12.8 Å². The van der Waals surface area contributed by atoms with Crippen molar-refractivity contribution in [1.82, 2.24) is 5.32 Å². The summed E-state index contributed by atoms with van der Waals surface area (Å²) in [5, 5.41) is 2.93. The van der Waals surface area contributed by atoms with E-state index in [1.165, 1.54) is 11.1 Å². The molecule has 0 radical (unpaired) electrons. The molecule has 0 heterocycles. The molecular formula is C14H22N2O. The number of hydrogen-bond acceptors (Lipinski definition) is 2. The maximum Gasteiger partial charge on any atom is 0.224 e. The summed E-state index contributed by atoms with van der Waals surface area (Å²) in [5.41, 5.74) is 8.03. The van der Waals surface area contributed by atoms with Crippen molar-refractivity contribution < 1.29 is 4.79 Å². The Bertz CT molecular complexity index is 359. The summed E-state index contributed by atoms with van der Waals surface area (Å²) in [4.78, 5) is 11.7. The number of nitrogens with two attached hydrogens (primary N) is 1. The molecule has 1 amide bonds. The van der Waals surface area contributed by atoms with E-state index in [9.17, 15) is 4.79 Å². The molecule has 1 aromatic rings. The second-order valence-corrected chi connectivity index (χ2v) is 4.37. The van der Waals surface area contributed by atoms with E-state index >= 15 is 0 Å². The molecule has 3 N–H and O–H groups in total. The number of carbonyl (C=O) groups excluding carboxylic acids is 1. The first-order valence-corrected chi connectivity index (χ1v) is 6.20. The van der Waals surface area contributed by atoms with E-state index in [4.69, 9.17) is 5.73 Å². The topological polar surface area (TPSA) is 55.1 Å². The maximum atomic E-state index is 11.7. The fourth-order valence-corrected chi connectivity index (χ4v) is 1.80.